The Balaban J connectivity index is 2.51. The van der Waals surface area contributed by atoms with Crippen LogP contribution in [0.4, 0.5) is 0 Å². The lowest BCUT2D eigenvalue weighted by Gasteiger charge is -1.81. The van der Waals surface area contributed by atoms with Crippen molar-refractivity contribution in [2.75, 3.05) is 0 Å². The van der Waals surface area contributed by atoms with Gasteiger partial charge < -0.3 is 5.11 Å². The first-order chi connectivity index (χ1) is 4.18. The molecule has 0 radical (unpaired) electrons. The van der Waals surface area contributed by atoms with Gasteiger partial charge >= 0.3 is 5.97 Å². The van der Waals surface area contributed by atoms with Crippen molar-refractivity contribution in [3.05, 3.63) is 12.7 Å². The van der Waals surface area contributed by atoms with E-state index in [9.17, 15) is 4.79 Å². The number of carboxylic acid groups (broad SMARTS) is 1. The summed E-state index contributed by atoms with van der Waals surface area (Å²) in [5.74, 6) is -0.308. The summed E-state index contributed by atoms with van der Waals surface area (Å²) < 4.78 is 0. The van der Waals surface area contributed by atoms with Crippen LogP contribution in [0.2, 0.25) is 0 Å². The lowest BCUT2D eigenvalue weighted by molar-refractivity contribution is -0.139. The summed E-state index contributed by atoms with van der Waals surface area (Å²) in [6.07, 6.45) is 1.73. The van der Waals surface area contributed by atoms with Crippen LogP contribution in [0.3, 0.4) is 0 Å². The molecular weight excluding hydrogens is 116 g/mol. The van der Waals surface area contributed by atoms with Crippen molar-refractivity contribution in [2.24, 2.45) is 17.8 Å². The van der Waals surface area contributed by atoms with Crippen molar-refractivity contribution in [2.45, 2.75) is 6.92 Å². The summed E-state index contributed by atoms with van der Waals surface area (Å²) in [5, 5.41) is 8.48. The van der Waals surface area contributed by atoms with Gasteiger partial charge in [-0.05, 0) is 11.8 Å². The number of hydrogen-bond donors (Lipinski definition) is 1. The molecular formula is C7H10O2. The highest BCUT2D eigenvalue weighted by atomic mass is 16.4. The summed E-state index contributed by atoms with van der Waals surface area (Å²) in [7, 11) is 0. The average molecular weight is 126 g/mol. The van der Waals surface area contributed by atoms with Crippen molar-refractivity contribution < 1.29 is 9.90 Å². The van der Waals surface area contributed by atoms with Gasteiger partial charge in [-0.3, -0.25) is 4.79 Å². The molecule has 0 amide bonds. The van der Waals surface area contributed by atoms with Gasteiger partial charge in [-0.15, -0.1) is 6.58 Å². The highest BCUT2D eigenvalue weighted by Crippen LogP contribution is 2.46. The molecule has 0 bridgehead atoms. The first kappa shape index (κ1) is 6.33. The zero-order chi connectivity index (χ0) is 7.02. The molecule has 0 aromatic rings. The van der Waals surface area contributed by atoms with Gasteiger partial charge in [0, 0.05) is 0 Å². The van der Waals surface area contributed by atoms with E-state index in [1.807, 2.05) is 6.92 Å². The van der Waals surface area contributed by atoms with E-state index < -0.39 is 5.97 Å². The molecule has 2 nitrogen and oxygen atoms in total. The fraction of sp³-hybridized carbons (Fsp3) is 0.571. The Bertz CT molecular complexity index is 151. The SMILES string of the molecule is C=C[C@@H]1[C@H](C)[C@H]1C(=O)O. The molecule has 1 aliphatic carbocycles. The normalized spacial score (nSPS) is 39.9. The Morgan fingerprint density at radius 1 is 1.78 bits per heavy atom. The third-order valence-electron chi connectivity index (χ3n) is 2.00. The van der Waals surface area contributed by atoms with Crippen LogP contribution >= 0.6 is 0 Å². The molecule has 9 heavy (non-hydrogen) atoms. The molecule has 50 valence electrons. The van der Waals surface area contributed by atoms with E-state index >= 15 is 0 Å². The highest BCUT2D eigenvalue weighted by molar-refractivity contribution is 5.74. The van der Waals surface area contributed by atoms with E-state index in [1.165, 1.54) is 0 Å². The standard InChI is InChI=1S/C7H10O2/c1-3-5-4(2)6(5)7(8)9/h3-6H,1H2,2H3,(H,8,9)/t4-,5+,6+/m0/s1. The molecule has 0 heterocycles. The number of aliphatic carboxylic acids is 1. The zero-order valence-electron chi connectivity index (χ0n) is 5.37. The lowest BCUT2D eigenvalue weighted by atomic mass is 10.3. The van der Waals surface area contributed by atoms with Crippen molar-refractivity contribution >= 4 is 5.97 Å². The number of carbonyl (C=O) groups is 1. The highest BCUT2D eigenvalue weighted by Gasteiger charge is 2.49. The van der Waals surface area contributed by atoms with Crippen molar-refractivity contribution in [1.82, 2.24) is 0 Å². The van der Waals surface area contributed by atoms with E-state index in [4.69, 9.17) is 5.11 Å². The second-order valence-corrected chi connectivity index (χ2v) is 2.54. The van der Waals surface area contributed by atoms with Crippen LogP contribution in [0.15, 0.2) is 12.7 Å². The summed E-state index contributed by atoms with van der Waals surface area (Å²) in [5.41, 5.74) is 0. The van der Waals surface area contributed by atoms with Crippen LogP contribution in [-0.4, -0.2) is 11.1 Å². The molecule has 0 aromatic carbocycles. The van der Waals surface area contributed by atoms with Crippen LogP contribution in [-0.2, 0) is 4.79 Å². The number of carboxylic acids is 1. The molecule has 3 atom stereocenters. The minimum Gasteiger partial charge on any atom is -0.481 e. The minimum absolute atomic E-state index is 0.150. The Morgan fingerprint density at radius 2 is 2.33 bits per heavy atom. The fourth-order valence-electron chi connectivity index (χ4n) is 1.24. The summed E-state index contributed by atoms with van der Waals surface area (Å²) >= 11 is 0. The van der Waals surface area contributed by atoms with Gasteiger partial charge in [0.2, 0.25) is 0 Å². The predicted molar refractivity (Wildman–Crippen MR) is 34.0 cm³/mol. The molecule has 0 spiro atoms. The van der Waals surface area contributed by atoms with Gasteiger partial charge in [-0.1, -0.05) is 13.0 Å². The van der Waals surface area contributed by atoms with Crippen LogP contribution < -0.4 is 0 Å². The molecule has 0 aliphatic heterocycles. The van der Waals surface area contributed by atoms with Crippen LogP contribution in [0, 0.1) is 17.8 Å². The first-order valence-corrected chi connectivity index (χ1v) is 3.04. The molecule has 2 heteroatoms. The maximum atomic E-state index is 10.3. The molecule has 1 N–H and O–H groups in total. The number of allylic oxidation sites excluding steroid dienone is 1. The largest absolute Gasteiger partial charge is 0.481 e. The van der Waals surface area contributed by atoms with E-state index in [0.29, 0.717) is 5.92 Å². The summed E-state index contributed by atoms with van der Waals surface area (Å²) in [6, 6.07) is 0. The third kappa shape index (κ3) is 0.846. The molecule has 1 saturated carbocycles. The quantitative estimate of drug-likeness (QED) is 0.563. The van der Waals surface area contributed by atoms with Crippen LogP contribution in [0.25, 0.3) is 0 Å². The molecule has 1 aliphatic rings. The second-order valence-electron chi connectivity index (χ2n) is 2.54. The smallest absolute Gasteiger partial charge is 0.307 e. The van der Waals surface area contributed by atoms with Crippen molar-refractivity contribution in [1.29, 1.82) is 0 Å². The number of rotatable bonds is 2. The van der Waals surface area contributed by atoms with E-state index in [2.05, 4.69) is 6.58 Å². The van der Waals surface area contributed by atoms with Gasteiger partial charge in [0.05, 0.1) is 5.92 Å². The minimum atomic E-state index is -0.688. The summed E-state index contributed by atoms with van der Waals surface area (Å²) in [4.78, 5) is 10.3. The van der Waals surface area contributed by atoms with Crippen molar-refractivity contribution in [3.8, 4) is 0 Å². The molecule has 0 unspecified atom stereocenters. The molecule has 1 rings (SSSR count). The zero-order valence-corrected chi connectivity index (χ0v) is 5.37. The second kappa shape index (κ2) is 1.87. The maximum Gasteiger partial charge on any atom is 0.307 e. The topological polar surface area (TPSA) is 37.3 Å². The summed E-state index contributed by atoms with van der Waals surface area (Å²) in [6.45, 7) is 5.48. The van der Waals surface area contributed by atoms with Gasteiger partial charge in [0.15, 0.2) is 0 Å². The van der Waals surface area contributed by atoms with Crippen LogP contribution in [0.1, 0.15) is 6.92 Å². The van der Waals surface area contributed by atoms with E-state index in [-0.39, 0.29) is 11.8 Å². The van der Waals surface area contributed by atoms with Gasteiger partial charge in [0.25, 0.3) is 0 Å². The fourth-order valence-corrected chi connectivity index (χ4v) is 1.24. The first-order valence-electron chi connectivity index (χ1n) is 3.04. The maximum absolute atomic E-state index is 10.3. The van der Waals surface area contributed by atoms with Crippen LogP contribution in [0.5, 0.6) is 0 Å². The Morgan fingerprint density at radius 3 is 2.44 bits per heavy atom. The van der Waals surface area contributed by atoms with Gasteiger partial charge in [-0.25, -0.2) is 0 Å². The lowest BCUT2D eigenvalue weighted by Crippen LogP contribution is -1.99. The molecule has 0 saturated heterocycles. The van der Waals surface area contributed by atoms with Crippen molar-refractivity contribution in [3.63, 3.8) is 0 Å². The van der Waals surface area contributed by atoms with E-state index in [0.717, 1.165) is 0 Å². The number of hydrogen-bond acceptors (Lipinski definition) is 1. The predicted octanol–water partition coefficient (Wildman–Crippen LogP) is 1.14. The monoisotopic (exact) mass is 126 g/mol. The van der Waals surface area contributed by atoms with E-state index in [1.54, 1.807) is 6.08 Å². The average Bonchev–Trinajstić information content (AvgIpc) is 2.40. The van der Waals surface area contributed by atoms with Gasteiger partial charge in [-0.2, -0.15) is 0 Å². The Kier molecular flexibility index (Phi) is 1.31. The van der Waals surface area contributed by atoms with Gasteiger partial charge in [0.1, 0.15) is 0 Å². The third-order valence-corrected chi connectivity index (χ3v) is 2.00. The molecule has 1 fully saturated rings. The Hall–Kier alpha value is -0.790. The molecule has 0 aromatic heterocycles. The Labute approximate surface area is 54.2 Å².